The number of hydrogen-bond donors (Lipinski definition) is 1. The standard InChI is InChI=1S/C18H18F4N6O3S.CH4/c1-3-28(32(2,29)30)9-14(12-5-4-11(19)6-13(12)20)25-18-23-7-10(8-24-18)16-26-27-17(31-16)15(21)22;/h4-8,14-15H,3,9H2,1-2H3,(H,23,24,25);1H4. The maximum atomic E-state index is 14.4. The van der Waals surface area contributed by atoms with Gasteiger partial charge < -0.3 is 9.73 Å². The molecule has 33 heavy (non-hydrogen) atoms. The molecule has 3 aromatic rings. The summed E-state index contributed by atoms with van der Waals surface area (Å²) in [6.45, 7) is 1.54. The van der Waals surface area contributed by atoms with Crippen LogP contribution in [0, 0.1) is 11.6 Å². The summed E-state index contributed by atoms with van der Waals surface area (Å²) >= 11 is 0. The maximum Gasteiger partial charge on any atom is 0.314 e. The van der Waals surface area contributed by atoms with E-state index in [0.717, 1.165) is 16.6 Å². The monoisotopic (exact) mass is 490 g/mol. The zero-order valence-corrected chi connectivity index (χ0v) is 17.7. The molecule has 14 heteroatoms. The molecule has 1 N–H and O–H groups in total. The summed E-state index contributed by atoms with van der Waals surface area (Å²) in [5.41, 5.74) is 0.158. The second-order valence-corrected chi connectivity index (χ2v) is 8.60. The molecular formula is C19H22F4N6O3S. The molecule has 0 aliphatic rings. The highest BCUT2D eigenvalue weighted by molar-refractivity contribution is 7.88. The molecule has 0 spiro atoms. The van der Waals surface area contributed by atoms with Gasteiger partial charge in [0.1, 0.15) is 11.6 Å². The number of sulfonamides is 1. The van der Waals surface area contributed by atoms with Gasteiger partial charge in [0.05, 0.1) is 17.9 Å². The predicted octanol–water partition coefficient (Wildman–Crippen LogP) is 3.81. The Labute approximate surface area is 187 Å². The molecule has 0 saturated heterocycles. The Morgan fingerprint density at radius 1 is 1.15 bits per heavy atom. The maximum absolute atomic E-state index is 14.4. The van der Waals surface area contributed by atoms with Gasteiger partial charge in [-0.05, 0) is 6.07 Å². The third kappa shape index (κ3) is 6.44. The van der Waals surface area contributed by atoms with E-state index in [0.29, 0.717) is 6.07 Å². The lowest BCUT2D eigenvalue weighted by Gasteiger charge is -2.26. The van der Waals surface area contributed by atoms with Crippen LogP contribution < -0.4 is 5.32 Å². The van der Waals surface area contributed by atoms with Crippen molar-refractivity contribution in [2.75, 3.05) is 24.7 Å². The van der Waals surface area contributed by atoms with Crippen LogP contribution in [-0.4, -0.2) is 52.2 Å². The van der Waals surface area contributed by atoms with Crippen LogP contribution in [0.1, 0.15) is 38.3 Å². The van der Waals surface area contributed by atoms with Gasteiger partial charge in [-0.25, -0.2) is 31.5 Å². The van der Waals surface area contributed by atoms with Gasteiger partial charge in [0, 0.05) is 37.1 Å². The van der Waals surface area contributed by atoms with Crippen molar-refractivity contribution < 1.29 is 30.4 Å². The van der Waals surface area contributed by atoms with E-state index in [2.05, 4.69) is 25.5 Å². The topological polar surface area (TPSA) is 114 Å². The Balaban J connectivity index is 0.00000385. The molecule has 1 atom stereocenters. The summed E-state index contributed by atoms with van der Waals surface area (Å²) < 4.78 is 82.9. The van der Waals surface area contributed by atoms with Crippen LogP contribution in [0.3, 0.4) is 0 Å². The zero-order chi connectivity index (χ0) is 23.5. The minimum atomic E-state index is -3.61. The number of benzene rings is 1. The van der Waals surface area contributed by atoms with Crippen LogP contribution in [0.4, 0.5) is 23.5 Å². The van der Waals surface area contributed by atoms with Crippen LogP contribution >= 0.6 is 0 Å². The minimum absolute atomic E-state index is 0. The normalized spacial score (nSPS) is 12.6. The lowest BCUT2D eigenvalue weighted by atomic mass is 10.1. The molecule has 0 bridgehead atoms. The summed E-state index contributed by atoms with van der Waals surface area (Å²) in [6, 6.07) is 1.95. The molecular weight excluding hydrogens is 468 g/mol. The van der Waals surface area contributed by atoms with Crippen molar-refractivity contribution in [3.05, 3.63) is 53.7 Å². The Morgan fingerprint density at radius 2 is 1.82 bits per heavy atom. The van der Waals surface area contributed by atoms with Crippen LogP contribution in [0.5, 0.6) is 0 Å². The van der Waals surface area contributed by atoms with Gasteiger partial charge in [0.25, 0.3) is 11.8 Å². The molecule has 0 aliphatic carbocycles. The summed E-state index contributed by atoms with van der Waals surface area (Å²) in [4.78, 5) is 8.03. The SMILES string of the molecule is C.CCN(CC(Nc1ncc(-c2nnc(C(F)F)o2)cn1)c1ccc(F)cc1F)S(C)(=O)=O. The Kier molecular flexibility index (Phi) is 8.44. The fourth-order valence-corrected chi connectivity index (χ4v) is 3.71. The zero-order valence-electron chi connectivity index (χ0n) is 16.8. The molecule has 2 heterocycles. The second-order valence-electron chi connectivity index (χ2n) is 6.62. The number of rotatable bonds is 9. The van der Waals surface area contributed by atoms with Gasteiger partial charge in [-0.3, -0.25) is 0 Å². The molecule has 9 nitrogen and oxygen atoms in total. The summed E-state index contributed by atoms with van der Waals surface area (Å²) in [5.74, 6) is -2.77. The smallest absolute Gasteiger partial charge is 0.314 e. The van der Waals surface area contributed by atoms with Crippen molar-refractivity contribution in [2.45, 2.75) is 26.8 Å². The first-order valence-corrected chi connectivity index (χ1v) is 11.0. The van der Waals surface area contributed by atoms with Crippen molar-refractivity contribution in [2.24, 2.45) is 0 Å². The van der Waals surface area contributed by atoms with E-state index in [1.165, 1.54) is 18.5 Å². The van der Waals surface area contributed by atoms with E-state index >= 15 is 0 Å². The molecule has 1 unspecified atom stereocenters. The number of likely N-dealkylation sites (N-methyl/N-ethyl adjacent to an activating group) is 1. The predicted molar refractivity (Wildman–Crippen MR) is 112 cm³/mol. The molecule has 0 amide bonds. The van der Waals surface area contributed by atoms with Crippen LogP contribution in [-0.2, 0) is 10.0 Å². The van der Waals surface area contributed by atoms with Gasteiger partial charge in [-0.15, -0.1) is 10.2 Å². The number of anilines is 1. The highest BCUT2D eigenvalue weighted by Gasteiger charge is 2.25. The highest BCUT2D eigenvalue weighted by atomic mass is 32.2. The van der Waals surface area contributed by atoms with Gasteiger partial charge in [-0.2, -0.15) is 8.78 Å². The first-order chi connectivity index (χ1) is 15.1. The Bertz CT molecular complexity index is 1170. The third-order valence-corrected chi connectivity index (χ3v) is 5.72. The van der Waals surface area contributed by atoms with Gasteiger partial charge in [0.15, 0.2) is 0 Å². The average molecular weight is 490 g/mol. The van der Waals surface area contributed by atoms with E-state index in [1.54, 1.807) is 6.92 Å². The van der Waals surface area contributed by atoms with Crippen molar-refractivity contribution in [1.82, 2.24) is 24.5 Å². The second kappa shape index (κ2) is 10.7. The fraction of sp³-hybridized carbons (Fsp3) is 0.368. The van der Waals surface area contributed by atoms with E-state index in [9.17, 15) is 26.0 Å². The third-order valence-electron chi connectivity index (χ3n) is 4.38. The lowest BCUT2D eigenvalue weighted by molar-refractivity contribution is 0.116. The van der Waals surface area contributed by atoms with E-state index < -0.39 is 40.0 Å². The van der Waals surface area contributed by atoms with Crippen molar-refractivity contribution in [1.29, 1.82) is 0 Å². The summed E-state index contributed by atoms with van der Waals surface area (Å²) in [7, 11) is -3.61. The highest BCUT2D eigenvalue weighted by Crippen LogP contribution is 2.25. The first-order valence-electron chi connectivity index (χ1n) is 9.19. The molecule has 1 aromatic carbocycles. The Morgan fingerprint density at radius 3 is 2.33 bits per heavy atom. The number of aromatic nitrogens is 4. The van der Waals surface area contributed by atoms with E-state index in [-0.39, 0.29) is 43.5 Å². The first kappa shape index (κ1) is 26.1. The van der Waals surface area contributed by atoms with E-state index in [4.69, 9.17) is 4.42 Å². The fourth-order valence-electron chi connectivity index (χ4n) is 2.82. The van der Waals surface area contributed by atoms with Gasteiger partial charge in [0.2, 0.25) is 16.0 Å². The van der Waals surface area contributed by atoms with Crippen molar-refractivity contribution in [3.63, 3.8) is 0 Å². The minimum Gasteiger partial charge on any atom is -0.415 e. The Hall–Kier alpha value is -3.13. The quantitative estimate of drug-likeness (QED) is 0.451. The molecule has 0 saturated carbocycles. The largest absolute Gasteiger partial charge is 0.415 e. The van der Waals surface area contributed by atoms with E-state index in [1.807, 2.05) is 0 Å². The van der Waals surface area contributed by atoms with Gasteiger partial charge >= 0.3 is 6.43 Å². The van der Waals surface area contributed by atoms with Gasteiger partial charge in [-0.1, -0.05) is 20.4 Å². The molecule has 0 radical (unpaired) electrons. The van der Waals surface area contributed by atoms with Crippen LogP contribution in [0.2, 0.25) is 0 Å². The van der Waals surface area contributed by atoms with Crippen LogP contribution in [0.15, 0.2) is 35.0 Å². The molecule has 0 fully saturated rings. The molecule has 2 aromatic heterocycles. The lowest BCUT2D eigenvalue weighted by Crippen LogP contribution is -2.36. The van der Waals surface area contributed by atoms with Crippen molar-refractivity contribution >= 4 is 16.0 Å². The number of hydrogen-bond acceptors (Lipinski definition) is 8. The average Bonchev–Trinajstić information content (AvgIpc) is 3.21. The van der Waals surface area contributed by atoms with Crippen molar-refractivity contribution in [3.8, 4) is 11.5 Å². The number of halogens is 4. The summed E-state index contributed by atoms with van der Waals surface area (Å²) in [6.07, 6.45) is 0.507. The summed E-state index contributed by atoms with van der Waals surface area (Å²) in [5, 5.41) is 9.52. The number of nitrogens with one attached hydrogen (secondary N) is 1. The number of nitrogens with zero attached hydrogens (tertiary/aromatic N) is 5. The van der Waals surface area contributed by atoms with Crippen LogP contribution in [0.25, 0.3) is 11.5 Å². The molecule has 0 aliphatic heterocycles. The number of alkyl halides is 2. The molecule has 180 valence electrons. The molecule has 3 rings (SSSR count).